The average Bonchev–Trinajstić information content (AvgIpc) is 3.04. The molecule has 0 bridgehead atoms. The number of aromatic nitrogens is 2. The van der Waals surface area contributed by atoms with Gasteiger partial charge in [0.2, 0.25) is 0 Å². The van der Waals surface area contributed by atoms with Crippen LogP contribution >= 0.6 is 11.6 Å². The Morgan fingerprint density at radius 1 is 1.29 bits per heavy atom. The zero-order valence-corrected chi connectivity index (χ0v) is 13.8. The molecule has 0 radical (unpaired) electrons. The third-order valence-electron chi connectivity index (χ3n) is 4.27. The normalized spacial score (nSPS) is 15.5. The van der Waals surface area contributed by atoms with E-state index >= 15 is 0 Å². The Bertz CT molecular complexity index is 751. The second-order valence-corrected chi connectivity index (χ2v) is 6.42. The molecule has 7 heteroatoms. The van der Waals surface area contributed by atoms with Crippen molar-refractivity contribution in [2.24, 2.45) is 5.92 Å². The Balaban J connectivity index is 1.65. The summed E-state index contributed by atoms with van der Waals surface area (Å²) in [5.74, 6) is -0.694. The van der Waals surface area contributed by atoms with E-state index in [1.54, 1.807) is 34.1 Å². The first-order valence-electron chi connectivity index (χ1n) is 7.84. The van der Waals surface area contributed by atoms with Crippen LogP contribution in [0.15, 0.2) is 36.7 Å². The molecular weight excluding hydrogens is 330 g/mol. The number of carbonyl (C=O) groups is 2. The monoisotopic (exact) mass is 347 g/mol. The first-order chi connectivity index (χ1) is 11.5. The molecule has 24 heavy (non-hydrogen) atoms. The molecule has 6 nitrogen and oxygen atoms in total. The number of hydrogen-bond donors (Lipinski definition) is 1. The summed E-state index contributed by atoms with van der Waals surface area (Å²) < 4.78 is 1.62. The molecule has 1 aliphatic heterocycles. The lowest BCUT2D eigenvalue weighted by Crippen LogP contribution is -2.38. The second kappa shape index (κ2) is 7.05. The summed E-state index contributed by atoms with van der Waals surface area (Å²) in [7, 11) is 0. The van der Waals surface area contributed by atoms with Gasteiger partial charge in [-0.1, -0.05) is 17.7 Å². The van der Waals surface area contributed by atoms with Gasteiger partial charge >= 0.3 is 5.97 Å². The van der Waals surface area contributed by atoms with Gasteiger partial charge in [0.1, 0.15) is 0 Å². The number of carboxylic acid groups (broad SMARTS) is 1. The van der Waals surface area contributed by atoms with Crippen molar-refractivity contribution in [2.75, 3.05) is 13.1 Å². The molecule has 3 rings (SSSR count). The van der Waals surface area contributed by atoms with Crippen molar-refractivity contribution in [3.63, 3.8) is 0 Å². The summed E-state index contributed by atoms with van der Waals surface area (Å²) in [6, 6.07) is 7.25. The fourth-order valence-corrected chi connectivity index (χ4v) is 3.15. The molecule has 1 aromatic heterocycles. The number of hydrogen-bond acceptors (Lipinski definition) is 3. The quantitative estimate of drug-likeness (QED) is 0.922. The van der Waals surface area contributed by atoms with Gasteiger partial charge in [-0.25, -0.2) is 4.68 Å². The Morgan fingerprint density at radius 3 is 2.71 bits per heavy atom. The van der Waals surface area contributed by atoms with Crippen molar-refractivity contribution in [2.45, 2.75) is 19.3 Å². The van der Waals surface area contributed by atoms with Gasteiger partial charge in [0, 0.05) is 30.7 Å². The first kappa shape index (κ1) is 16.5. The van der Waals surface area contributed by atoms with Crippen molar-refractivity contribution < 1.29 is 14.7 Å². The number of piperidine rings is 1. The molecule has 2 heterocycles. The molecule has 126 valence electrons. The van der Waals surface area contributed by atoms with Gasteiger partial charge in [-0.3, -0.25) is 9.59 Å². The van der Waals surface area contributed by atoms with Crippen molar-refractivity contribution in [3.05, 3.63) is 47.2 Å². The molecule has 1 N–H and O–H groups in total. The van der Waals surface area contributed by atoms with Gasteiger partial charge in [0.25, 0.3) is 5.91 Å². The minimum atomic E-state index is -0.775. The maximum absolute atomic E-state index is 12.6. The van der Waals surface area contributed by atoms with E-state index in [0.29, 0.717) is 23.7 Å². The number of nitrogens with zero attached hydrogens (tertiary/aromatic N) is 3. The average molecular weight is 348 g/mol. The molecule has 1 aliphatic rings. The van der Waals surface area contributed by atoms with Gasteiger partial charge in [-0.2, -0.15) is 5.10 Å². The highest BCUT2D eigenvalue weighted by molar-refractivity contribution is 6.30. The fourth-order valence-electron chi connectivity index (χ4n) is 2.96. The molecule has 1 fully saturated rings. The number of halogens is 1. The number of rotatable bonds is 4. The number of aliphatic carboxylic acids is 1. The third-order valence-corrected chi connectivity index (χ3v) is 4.50. The van der Waals surface area contributed by atoms with Gasteiger partial charge in [-0.05, 0) is 37.0 Å². The van der Waals surface area contributed by atoms with E-state index in [4.69, 9.17) is 16.7 Å². The smallest absolute Gasteiger partial charge is 0.303 e. The number of amides is 1. The van der Waals surface area contributed by atoms with E-state index in [9.17, 15) is 9.59 Å². The maximum atomic E-state index is 12.6. The molecule has 0 unspecified atom stereocenters. The van der Waals surface area contributed by atoms with Crippen LogP contribution in [0.25, 0.3) is 5.69 Å². The van der Waals surface area contributed by atoms with Gasteiger partial charge in [0.05, 0.1) is 17.4 Å². The molecule has 1 saturated heterocycles. The van der Waals surface area contributed by atoms with E-state index < -0.39 is 5.97 Å². The van der Waals surface area contributed by atoms with Crippen molar-refractivity contribution in [3.8, 4) is 5.69 Å². The number of likely N-dealkylation sites (tertiary alicyclic amines) is 1. The Labute approximate surface area is 144 Å². The van der Waals surface area contributed by atoms with Crippen LogP contribution in [0.2, 0.25) is 5.02 Å². The Morgan fingerprint density at radius 2 is 2.04 bits per heavy atom. The minimum Gasteiger partial charge on any atom is -0.481 e. The van der Waals surface area contributed by atoms with Crippen LogP contribution in [0.5, 0.6) is 0 Å². The molecule has 0 aliphatic carbocycles. The van der Waals surface area contributed by atoms with Gasteiger partial charge in [0.15, 0.2) is 0 Å². The van der Waals surface area contributed by atoms with Crippen molar-refractivity contribution >= 4 is 23.5 Å². The zero-order valence-electron chi connectivity index (χ0n) is 13.1. The van der Waals surface area contributed by atoms with E-state index in [1.165, 1.54) is 0 Å². The molecule has 0 saturated carbocycles. The Kier molecular flexibility index (Phi) is 4.85. The van der Waals surface area contributed by atoms with E-state index in [2.05, 4.69) is 5.10 Å². The van der Waals surface area contributed by atoms with E-state index in [1.807, 2.05) is 12.1 Å². The summed E-state index contributed by atoms with van der Waals surface area (Å²) in [6.45, 7) is 1.16. The standard InChI is InChI=1S/C17H18ClN3O3/c18-14-2-1-3-15(9-14)21-11-13(10-19-21)17(24)20-6-4-12(5-7-20)8-16(22)23/h1-3,9-12H,4-8H2,(H,22,23). The summed E-state index contributed by atoms with van der Waals surface area (Å²) >= 11 is 5.98. The van der Waals surface area contributed by atoms with Crippen LogP contribution in [0.3, 0.4) is 0 Å². The van der Waals surface area contributed by atoms with E-state index in [-0.39, 0.29) is 18.2 Å². The highest BCUT2D eigenvalue weighted by Crippen LogP contribution is 2.22. The van der Waals surface area contributed by atoms with Crippen LogP contribution in [0.1, 0.15) is 29.6 Å². The molecule has 2 aromatic rings. The van der Waals surface area contributed by atoms with Crippen LogP contribution in [-0.4, -0.2) is 44.8 Å². The SMILES string of the molecule is O=C(O)CC1CCN(C(=O)c2cnn(-c3cccc(Cl)c3)c2)CC1. The first-order valence-corrected chi connectivity index (χ1v) is 8.22. The predicted molar refractivity (Wildman–Crippen MR) is 89.5 cm³/mol. The highest BCUT2D eigenvalue weighted by Gasteiger charge is 2.25. The summed E-state index contributed by atoms with van der Waals surface area (Å²) in [5.41, 5.74) is 1.31. The molecule has 1 amide bonds. The maximum Gasteiger partial charge on any atom is 0.303 e. The number of carboxylic acids is 1. The van der Waals surface area contributed by atoms with Crippen molar-refractivity contribution in [1.29, 1.82) is 0 Å². The lowest BCUT2D eigenvalue weighted by atomic mass is 9.93. The van der Waals surface area contributed by atoms with E-state index in [0.717, 1.165) is 18.5 Å². The zero-order chi connectivity index (χ0) is 17.1. The lowest BCUT2D eigenvalue weighted by molar-refractivity contribution is -0.138. The van der Waals surface area contributed by atoms with Crippen molar-refractivity contribution in [1.82, 2.24) is 14.7 Å². The minimum absolute atomic E-state index is 0.0722. The summed E-state index contributed by atoms with van der Waals surface area (Å²) in [4.78, 5) is 25.1. The third kappa shape index (κ3) is 3.76. The summed E-state index contributed by atoms with van der Waals surface area (Å²) in [5, 5.41) is 13.7. The predicted octanol–water partition coefficient (Wildman–Crippen LogP) is 2.85. The second-order valence-electron chi connectivity index (χ2n) is 5.99. The largest absolute Gasteiger partial charge is 0.481 e. The van der Waals surface area contributed by atoms with Gasteiger partial charge in [-0.15, -0.1) is 0 Å². The fraction of sp³-hybridized carbons (Fsp3) is 0.353. The van der Waals surface area contributed by atoms with Crippen LogP contribution in [0.4, 0.5) is 0 Å². The molecule has 0 spiro atoms. The summed E-state index contributed by atoms with van der Waals surface area (Å²) in [6.07, 6.45) is 4.86. The topological polar surface area (TPSA) is 75.4 Å². The highest BCUT2D eigenvalue weighted by atomic mass is 35.5. The van der Waals surface area contributed by atoms with Crippen LogP contribution in [-0.2, 0) is 4.79 Å². The number of benzene rings is 1. The molecular formula is C17H18ClN3O3. The molecule has 0 atom stereocenters. The van der Waals surface area contributed by atoms with Gasteiger partial charge < -0.3 is 10.0 Å². The lowest BCUT2D eigenvalue weighted by Gasteiger charge is -2.31. The van der Waals surface area contributed by atoms with Crippen LogP contribution in [0, 0.1) is 5.92 Å². The molecule has 1 aromatic carbocycles. The van der Waals surface area contributed by atoms with Crippen LogP contribution < -0.4 is 0 Å². The Hall–Kier alpha value is -2.34. The number of carbonyl (C=O) groups excluding carboxylic acids is 1.